The minimum Gasteiger partial charge on any atom is -0.484 e. The number of halogens is 4. The number of hydrogen-bond donors (Lipinski definition) is 0. The molecule has 21 heavy (non-hydrogen) atoms. The molecule has 118 valence electrons. The van der Waals surface area contributed by atoms with E-state index in [1.54, 1.807) is 20.8 Å². The summed E-state index contributed by atoms with van der Waals surface area (Å²) in [5, 5.41) is 0. The Bertz CT molecular complexity index is 504. The van der Waals surface area contributed by atoms with Crippen molar-refractivity contribution in [2.24, 2.45) is 0 Å². The lowest BCUT2D eigenvalue weighted by atomic mass is 10.1. The monoisotopic (exact) mass is 308 g/mol. The van der Waals surface area contributed by atoms with Crippen molar-refractivity contribution in [3.63, 3.8) is 0 Å². The van der Waals surface area contributed by atoms with Crippen molar-refractivity contribution in [2.75, 3.05) is 6.61 Å². The highest BCUT2D eigenvalue weighted by molar-refractivity contribution is 5.74. The standard InChI is InChI=1S/C14H16F4O3/c1-13(2,3)21-12(19)6-9-4-5-10(15)7-11(9)20-8-14(16,17)18/h4-5,7H,6,8H2,1-3H3. The summed E-state index contributed by atoms with van der Waals surface area (Å²) in [7, 11) is 0. The highest BCUT2D eigenvalue weighted by atomic mass is 19.4. The van der Waals surface area contributed by atoms with Crippen LogP contribution < -0.4 is 4.74 Å². The van der Waals surface area contributed by atoms with Gasteiger partial charge in [0.2, 0.25) is 0 Å². The van der Waals surface area contributed by atoms with E-state index in [1.165, 1.54) is 6.07 Å². The zero-order valence-corrected chi connectivity index (χ0v) is 11.9. The molecule has 0 aromatic heterocycles. The van der Waals surface area contributed by atoms with Crippen LogP contribution in [-0.2, 0) is 16.0 Å². The molecule has 0 aliphatic heterocycles. The summed E-state index contributed by atoms with van der Waals surface area (Å²) in [5.41, 5.74) is -0.584. The molecule has 0 N–H and O–H groups in total. The van der Waals surface area contributed by atoms with Gasteiger partial charge < -0.3 is 9.47 Å². The van der Waals surface area contributed by atoms with E-state index in [0.717, 1.165) is 12.1 Å². The lowest BCUT2D eigenvalue weighted by Gasteiger charge is -2.20. The van der Waals surface area contributed by atoms with Crippen molar-refractivity contribution in [3.8, 4) is 5.75 Å². The van der Waals surface area contributed by atoms with Crippen molar-refractivity contribution in [1.82, 2.24) is 0 Å². The summed E-state index contributed by atoms with van der Waals surface area (Å²) in [5.74, 6) is -1.70. The summed E-state index contributed by atoms with van der Waals surface area (Å²) < 4.78 is 59.1. The van der Waals surface area contributed by atoms with Crippen LogP contribution in [0.1, 0.15) is 26.3 Å². The first-order chi connectivity index (χ1) is 9.46. The van der Waals surface area contributed by atoms with E-state index in [0.29, 0.717) is 0 Å². The maximum atomic E-state index is 13.1. The molecule has 7 heteroatoms. The van der Waals surface area contributed by atoms with Gasteiger partial charge in [0.05, 0.1) is 6.42 Å². The molecule has 0 bridgehead atoms. The maximum absolute atomic E-state index is 13.1. The van der Waals surface area contributed by atoms with Gasteiger partial charge >= 0.3 is 12.1 Å². The van der Waals surface area contributed by atoms with Crippen LogP contribution in [0.2, 0.25) is 0 Å². The Morgan fingerprint density at radius 2 is 1.81 bits per heavy atom. The normalized spacial score (nSPS) is 12.1. The number of hydrogen-bond acceptors (Lipinski definition) is 3. The molecule has 0 amide bonds. The average molecular weight is 308 g/mol. The first-order valence-corrected chi connectivity index (χ1v) is 6.16. The number of alkyl halides is 3. The molecule has 1 aromatic carbocycles. The molecule has 0 fully saturated rings. The van der Waals surface area contributed by atoms with Gasteiger partial charge in [0.1, 0.15) is 17.2 Å². The topological polar surface area (TPSA) is 35.5 Å². The van der Waals surface area contributed by atoms with Crippen LogP contribution in [0.5, 0.6) is 5.75 Å². The predicted molar refractivity (Wildman–Crippen MR) is 67.5 cm³/mol. The number of carbonyl (C=O) groups excluding carboxylic acids is 1. The summed E-state index contributed by atoms with van der Waals surface area (Å²) in [6.07, 6.45) is -4.85. The van der Waals surface area contributed by atoms with Crippen molar-refractivity contribution in [1.29, 1.82) is 0 Å². The molecule has 0 aliphatic carbocycles. The Hall–Kier alpha value is -1.79. The highest BCUT2D eigenvalue weighted by Crippen LogP contribution is 2.24. The minimum atomic E-state index is -4.55. The predicted octanol–water partition coefficient (Wildman–Crippen LogP) is 3.65. The molecule has 0 radical (unpaired) electrons. The van der Waals surface area contributed by atoms with E-state index in [4.69, 9.17) is 4.74 Å². The second-order valence-corrected chi connectivity index (χ2v) is 5.42. The fourth-order valence-electron chi connectivity index (χ4n) is 1.50. The Balaban J connectivity index is 2.84. The third-order valence-corrected chi connectivity index (χ3v) is 2.18. The zero-order chi connectivity index (χ0) is 16.3. The fourth-order valence-corrected chi connectivity index (χ4v) is 1.50. The van der Waals surface area contributed by atoms with Crippen LogP contribution in [0, 0.1) is 5.82 Å². The third-order valence-electron chi connectivity index (χ3n) is 2.18. The van der Waals surface area contributed by atoms with E-state index < -0.39 is 30.2 Å². The van der Waals surface area contributed by atoms with E-state index >= 15 is 0 Å². The van der Waals surface area contributed by atoms with Crippen molar-refractivity contribution < 1.29 is 31.8 Å². The second-order valence-electron chi connectivity index (χ2n) is 5.42. The summed E-state index contributed by atoms with van der Waals surface area (Å²) in [4.78, 5) is 11.7. The van der Waals surface area contributed by atoms with Crippen LogP contribution in [0.4, 0.5) is 17.6 Å². The van der Waals surface area contributed by atoms with E-state index in [-0.39, 0.29) is 17.7 Å². The van der Waals surface area contributed by atoms with Crippen molar-refractivity contribution in [2.45, 2.75) is 39.0 Å². The molecule has 0 saturated carbocycles. The quantitative estimate of drug-likeness (QED) is 0.629. The first-order valence-electron chi connectivity index (χ1n) is 6.16. The molecule has 1 aromatic rings. The Morgan fingerprint density at radius 1 is 1.19 bits per heavy atom. The van der Waals surface area contributed by atoms with E-state index in [1.807, 2.05) is 0 Å². The van der Waals surface area contributed by atoms with Gasteiger partial charge in [0, 0.05) is 11.6 Å². The van der Waals surface area contributed by atoms with Crippen LogP contribution in [0.25, 0.3) is 0 Å². The van der Waals surface area contributed by atoms with Crippen LogP contribution in [-0.4, -0.2) is 24.4 Å². The largest absolute Gasteiger partial charge is 0.484 e. The maximum Gasteiger partial charge on any atom is 0.422 e. The molecule has 0 aliphatic rings. The van der Waals surface area contributed by atoms with Crippen LogP contribution in [0.15, 0.2) is 18.2 Å². The van der Waals surface area contributed by atoms with Gasteiger partial charge in [-0.1, -0.05) is 6.07 Å². The lowest BCUT2D eigenvalue weighted by Crippen LogP contribution is -2.25. The number of esters is 1. The Kier molecular flexibility index (Phi) is 5.20. The van der Waals surface area contributed by atoms with Gasteiger partial charge in [0.15, 0.2) is 6.61 Å². The molecular weight excluding hydrogens is 292 g/mol. The molecule has 0 heterocycles. The summed E-state index contributed by atoms with van der Waals surface area (Å²) in [6.45, 7) is 3.43. The SMILES string of the molecule is CC(C)(C)OC(=O)Cc1ccc(F)cc1OCC(F)(F)F. The highest BCUT2D eigenvalue weighted by Gasteiger charge is 2.29. The van der Waals surface area contributed by atoms with Gasteiger partial charge in [-0.3, -0.25) is 4.79 Å². The molecule has 0 saturated heterocycles. The van der Waals surface area contributed by atoms with Crippen LogP contribution in [0.3, 0.4) is 0 Å². The number of ether oxygens (including phenoxy) is 2. The van der Waals surface area contributed by atoms with Gasteiger partial charge in [-0.05, 0) is 26.8 Å². The van der Waals surface area contributed by atoms with Crippen molar-refractivity contribution >= 4 is 5.97 Å². The number of benzene rings is 1. The summed E-state index contributed by atoms with van der Waals surface area (Å²) in [6, 6.07) is 3.05. The molecule has 0 spiro atoms. The molecule has 0 unspecified atom stereocenters. The van der Waals surface area contributed by atoms with Crippen LogP contribution >= 0.6 is 0 Å². The second kappa shape index (κ2) is 6.32. The van der Waals surface area contributed by atoms with Crippen molar-refractivity contribution in [3.05, 3.63) is 29.6 Å². The van der Waals surface area contributed by atoms with Gasteiger partial charge in [0.25, 0.3) is 0 Å². The molecule has 0 atom stereocenters. The first kappa shape index (κ1) is 17.3. The van der Waals surface area contributed by atoms with E-state index in [2.05, 4.69) is 4.74 Å². The summed E-state index contributed by atoms with van der Waals surface area (Å²) >= 11 is 0. The molecule has 3 nitrogen and oxygen atoms in total. The average Bonchev–Trinajstić information content (AvgIpc) is 2.26. The van der Waals surface area contributed by atoms with Gasteiger partial charge in [-0.2, -0.15) is 13.2 Å². The number of carbonyl (C=O) groups is 1. The Labute approximate surface area is 119 Å². The van der Waals surface area contributed by atoms with E-state index in [9.17, 15) is 22.4 Å². The smallest absolute Gasteiger partial charge is 0.422 e. The number of rotatable bonds is 4. The lowest BCUT2D eigenvalue weighted by molar-refractivity contribution is -0.154. The van der Waals surface area contributed by atoms with Gasteiger partial charge in [-0.25, -0.2) is 4.39 Å². The fraction of sp³-hybridized carbons (Fsp3) is 0.500. The Morgan fingerprint density at radius 3 is 2.33 bits per heavy atom. The minimum absolute atomic E-state index is 0.134. The molecule has 1 rings (SSSR count). The molecular formula is C14H16F4O3. The third kappa shape index (κ3) is 6.97. The zero-order valence-electron chi connectivity index (χ0n) is 11.9. The van der Waals surface area contributed by atoms with Gasteiger partial charge in [-0.15, -0.1) is 0 Å².